The number of aromatic nitrogens is 3. The van der Waals surface area contributed by atoms with Crippen molar-refractivity contribution < 1.29 is 23.4 Å². The topological polar surface area (TPSA) is 123 Å². The maximum atomic E-state index is 13.2. The van der Waals surface area contributed by atoms with Crippen LogP contribution >= 0.6 is 0 Å². The first-order valence-electron chi connectivity index (χ1n) is 13.0. The van der Waals surface area contributed by atoms with Crippen molar-refractivity contribution in [3.8, 4) is 0 Å². The highest BCUT2D eigenvalue weighted by Crippen LogP contribution is 2.16. The van der Waals surface area contributed by atoms with E-state index in [2.05, 4.69) is 35.8 Å². The molecule has 0 bridgehead atoms. The van der Waals surface area contributed by atoms with Gasteiger partial charge in [-0.25, -0.2) is 4.39 Å². The Bertz CT molecular complexity index is 1150. The van der Waals surface area contributed by atoms with Gasteiger partial charge in [-0.3, -0.25) is 4.79 Å². The molecule has 11 nitrogen and oxygen atoms in total. The Morgan fingerprint density at radius 1 is 0.846 bits per heavy atom. The molecular weight excluding hydrogens is 505 g/mol. The molecular formula is C27H34FN7O4. The average Bonchev–Trinajstić information content (AvgIpc) is 2.98. The zero-order valence-corrected chi connectivity index (χ0v) is 21.8. The molecule has 12 heteroatoms. The van der Waals surface area contributed by atoms with E-state index in [9.17, 15) is 9.18 Å². The van der Waals surface area contributed by atoms with Gasteiger partial charge in [0, 0.05) is 38.3 Å². The summed E-state index contributed by atoms with van der Waals surface area (Å²) in [6.07, 6.45) is 0. The number of amides is 1. The summed E-state index contributed by atoms with van der Waals surface area (Å²) in [5.41, 5.74) is 1.53. The maximum absolute atomic E-state index is 13.2. The first-order chi connectivity index (χ1) is 19.2. The summed E-state index contributed by atoms with van der Waals surface area (Å²) < 4.78 is 29.8. The lowest BCUT2D eigenvalue weighted by Crippen LogP contribution is -2.37. The Balaban J connectivity index is 1.16. The summed E-state index contributed by atoms with van der Waals surface area (Å²) in [6, 6.07) is 15.3. The molecule has 0 unspecified atom stereocenters. The van der Waals surface area contributed by atoms with Crippen LogP contribution in [0, 0.1) is 5.82 Å². The highest BCUT2D eigenvalue weighted by molar-refractivity contribution is 5.94. The summed E-state index contributed by atoms with van der Waals surface area (Å²) in [6.45, 7) is 5.68. The highest BCUT2D eigenvalue weighted by atomic mass is 19.1. The number of nitrogens with zero attached hydrogens (tertiary/aromatic N) is 4. The van der Waals surface area contributed by atoms with Gasteiger partial charge in [-0.1, -0.05) is 30.3 Å². The van der Waals surface area contributed by atoms with Crippen LogP contribution in [-0.2, 0) is 20.8 Å². The number of benzene rings is 2. The highest BCUT2D eigenvalue weighted by Gasteiger charge is 2.16. The Kier molecular flexibility index (Phi) is 11.2. The molecule has 3 N–H and O–H groups in total. The van der Waals surface area contributed by atoms with Crippen molar-refractivity contribution in [3.05, 3.63) is 71.5 Å². The number of ether oxygens (including phenoxy) is 3. The van der Waals surface area contributed by atoms with Crippen molar-refractivity contribution in [1.29, 1.82) is 0 Å². The Labute approximate surface area is 227 Å². The SMILES string of the molecule is O=C(NCCOCCOCCNc1nc(NCc2ccc(F)cc2)nc(N2CCOCC2)n1)c1ccccc1. The number of rotatable bonds is 15. The molecule has 2 heterocycles. The van der Waals surface area contributed by atoms with Crippen LogP contribution in [0.2, 0.25) is 0 Å². The quantitative estimate of drug-likeness (QED) is 0.248. The van der Waals surface area contributed by atoms with Gasteiger partial charge in [0.25, 0.3) is 5.91 Å². The van der Waals surface area contributed by atoms with Gasteiger partial charge in [0.2, 0.25) is 17.8 Å². The maximum Gasteiger partial charge on any atom is 0.251 e. The number of hydrogen-bond donors (Lipinski definition) is 3. The molecule has 0 spiro atoms. The molecule has 0 aliphatic carbocycles. The lowest BCUT2D eigenvalue weighted by atomic mass is 10.2. The van der Waals surface area contributed by atoms with E-state index >= 15 is 0 Å². The van der Waals surface area contributed by atoms with Gasteiger partial charge in [-0.15, -0.1) is 0 Å². The normalized spacial score (nSPS) is 13.2. The fraction of sp³-hybridized carbons (Fsp3) is 0.407. The summed E-state index contributed by atoms with van der Waals surface area (Å²) in [7, 11) is 0. The van der Waals surface area contributed by atoms with E-state index in [4.69, 9.17) is 14.2 Å². The molecule has 1 aliphatic rings. The summed E-state index contributed by atoms with van der Waals surface area (Å²) in [5, 5.41) is 9.20. The van der Waals surface area contributed by atoms with Crippen LogP contribution in [0.3, 0.4) is 0 Å². The first kappa shape index (κ1) is 28.1. The second-order valence-corrected chi connectivity index (χ2v) is 8.64. The molecule has 1 saturated heterocycles. The van der Waals surface area contributed by atoms with Crippen molar-refractivity contribution >= 4 is 23.8 Å². The van der Waals surface area contributed by atoms with Crippen LogP contribution in [0.1, 0.15) is 15.9 Å². The Morgan fingerprint density at radius 3 is 2.23 bits per heavy atom. The molecule has 39 heavy (non-hydrogen) atoms. The Hall–Kier alpha value is -3.87. The number of morpholine rings is 1. The molecule has 0 atom stereocenters. The molecule has 1 aromatic heterocycles. The molecule has 3 aromatic rings. The second-order valence-electron chi connectivity index (χ2n) is 8.64. The van der Waals surface area contributed by atoms with Crippen LogP contribution in [0.5, 0.6) is 0 Å². The summed E-state index contributed by atoms with van der Waals surface area (Å²) in [4.78, 5) is 27.6. The van der Waals surface area contributed by atoms with Crippen LogP contribution in [0.4, 0.5) is 22.2 Å². The molecule has 0 saturated carbocycles. The zero-order valence-electron chi connectivity index (χ0n) is 21.8. The first-order valence-corrected chi connectivity index (χ1v) is 13.0. The molecule has 208 valence electrons. The van der Waals surface area contributed by atoms with Gasteiger partial charge in [-0.05, 0) is 29.8 Å². The number of nitrogens with one attached hydrogen (secondary N) is 3. The predicted octanol–water partition coefficient (Wildman–Crippen LogP) is 2.33. The van der Waals surface area contributed by atoms with Gasteiger partial charge in [0.05, 0.1) is 39.6 Å². The van der Waals surface area contributed by atoms with Crippen molar-refractivity contribution in [1.82, 2.24) is 20.3 Å². The van der Waals surface area contributed by atoms with E-state index in [-0.39, 0.29) is 11.7 Å². The van der Waals surface area contributed by atoms with Crippen LogP contribution in [-0.4, -0.2) is 86.7 Å². The molecule has 1 amide bonds. The summed E-state index contributed by atoms with van der Waals surface area (Å²) in [5.74, 6) is 1.02. The molecule has 0 radical (unpaired) electrons. The van der Waals surface area contributed by atoms with Gasteiger partial charge < -0.3 is 35.1 Å². The third kappa shape index (κ3) is 9.74. The number of halogens is 1. The van der Waals surface area contributed by atoms with Crippen LogP contribution < -0.4 is 20.9 Å². The number of hydrogen-bond acceptors (Lipinski definition) is 10. The standard InChI is InChI=1S/C27H34FN7O4/c28-23-8-6-21(7-9-23)20-31-26-32-25(33-27(34-26)35-12-16-39-17-13-35)30-11-15-38-19-18-37-14-10-29-24(36)22-4-2-1-3-5-22/h1-9H,10-20H2,(H,29,36)(H2,30,31,32,33,34). The van der Waals surface area contributed by atoms with Gasteiger partial charge in [-0.2, -0.15) is 15.0 Å². The fourth-order valence-electron chi connectivity index (χ4n) is 3.70. The number of carbonyl (C=O) groups is 1. The van der Waals surface area contributed by atoms with Gasteiger partial charge in [0.15, 0.2) is 0 Å². The van der Waals surface area contributed by atoms with E-state index in [1.807, 2.05) is 18.2 Å². The molecule has 4 rings (SSSR count). The van der Waals surface area contributed by atoms with E-state index in [1.165, 1.54) is 12.1 Å². The van der Waals surface area contributed by atoms with E-state index in [1.54, 1.807) is 24.3 Å². The third-order valence-electron chi connectivity index (χ3n) is 5.75. The molecule has 1 fully saturated rings. The summed E-state index contributed by atoms with van der Waals surface area (Å²) >= 11 is 0. The van der Waals surface area contributed by atoms with Crippen molar-refractivity contribution in [2.45, 2.75) is 6.54 Å². The van der Waals surface area contributed by atoms with Gasteiger partial charge in [0.1, 0.15) is 5.82 Å². The van der Waals surface area contributed by atoms with Crippen molar-refractivity contribution in [2.24, 2.45) is 0 Å². The molecule has 1 aliphatic heterocycles. The minimum Gasteiger partial charge on any atom is -0.378 e. The Morgan fingerprint density at radius 2 is 1.51 bits per heavy atom. The molecule has 2 aromatic carbocycles. The van der Waals surface area contributed by atoms with Gasteiger partial charge >= 0.3 is 0 Å². The van der Waals surface area contributed by atoms with E-state index in [0.29, 0.717) is 95.8 Å². The van der Waals surface area contributed by atoms with Crippen LogP contribution in [0.15, 0.2) is 54.6 Å². The van der Waals surface area contributed by atoms with Crippen LogP contribution in [0.25, 0.3) is 0 Å². The lowest BCUT2D eigenvalue weighted by molar-refractivity contribution is 0.0519. The van der Waals surface area contributed by atoms with E-state index < -0.39 is 0 Å². The minimum absolute atomic E-state index is 0.120. The number of carbonyl (C=O) groups excluding carboxylic acids is 1. The third-order valence-corrected chi connectivity index (χ3v) is 5.75. The lowest BCUT2D eigenvalue weighted by Gasteiger charge is -2.27. The van der Waals surface area contributed by atoms with Crippen molar-refractivity contribution in [3.63, 3.8) is 0 Å². The zero-order chi connectivity index (χ0) is 27.1. The smallest absolute Gasteiger partial charge is 0.251 e. The van der Waals surface area contributed by atoms with E-state index in [0.717, 1.165) is 5.56 Å². The number of anilines is 3. The minimum atomic E-state index is -0.277. The average molecular weight is 540 g/mol. The largest absolute Gasteiger partial charge is 0.378 e. The van der Waals surface area contributed by atoms with Crippen molar-refractivity contribution in [2.75, 3.05) is 81.4 Å². The predicted molar refractivity (Wildman–Crippen MR) is 145 cm³/mol. The second kappa shape index (κ2) is 15.5. The monoisotopic (exact) mass is 539 g/mol. The fourth-order valence-corrected chi connectivity index (χ4v) is 3.70.